The molecule has 6 heteroatoms. The first-order valence-electron chi connectivity index (χ1n) is 7.06. The molecule has 3 aromatic rings. The van der Waals surface area contributed by atoms with Crippen molar-refractivity contribution >= 4 is 29.0 Å². The first kappa shape index (κ1) is 14.6. The van der Waals surface area contributed by atoms with Crippen molar-refractivity contribution < 1.29 is 10.2 Å². The van der Waals surface area contributed by atoms with Gasteiger partial charge in [-0.25, -0.2) is 0 Å². The molecule has 0 fully saturated rings. The van der Waals surface area contributed by atoms with Crippen LogP contribution in [0.2, 0.25) is 0 Å². The second-order valence-electron chi connectivity index (χ2n) is 5.10. The number of aromatic amines is 1. The van der Waals surface area contributed by atoms with Crippen LogP contribution in [0, 0.1) is 0 Å². The highest BCUT2D eigenvalue weighted by Crippen LogP contribution is 2.21. The zero-order chi connectivity index (χ0) is 16.2. The van der Waals surface area contributed by atoms with E-state index in [1.54, 1.807) is 42.9 Å². The molecule has 0 unspecified atom stereocenters. The summed E-state index contributed by atoms with van der Waals surface area (Å²) in [6.07, 6.45) is 5.64. The van der Waals surface area contributed by atoms with Gasteiger partial charge in [0, 0.05) is 53.1 Å². The molecule has 1 aromatic heterocycles. The van der Waals surface area contributed by atoms with E-state index in [1.807, 2.05) is 6.07 Å². The molecular weight excluding hydrogens is 292 g/mol. The molecule has 0 aliphatic carbocycles. The summed E-state index contributed by atoms with van der Waals surface area (Å²) in [5.74, 6) is 0.360. The Balaban J connectivity index is 1.68. The van der Waals surface area contributed by atoms with Gasteiger partial charge in [0.1, 0.15) is 11.5 Å². The highest BCUT2D eigenvalue weighted by atomic mass is 16.3. The number of hydrogen-bond acceptors (Lipinski definition) is 5. The van der Waals surface area contributed by atoms with Crippen LogP contribution in [0.5, 0.6) is 11.5 Å². The molecule has 5 N–H and O–H groups in total. The van der Waals surface area contributed by atoms with E-state index >= 15 is 0 Å². The number of benzene rings is 2. The summed E-state index contributed by atoms with van der Waals surface area (Å²) in [6.45, 7) is 0. The van der Waals surface area contributed by atoms with E-state index < -0.39 is 0 Å². The number of anilines is 1. The summed E-state index contributed by atoms with van der Waals surface area (Å²) in [4.78, 5) is 3.07. The number of phenols is 2. The molecule has 0 amide bonds. The lowest BCUT2D eigenvalue weighted by Gasteiger charge is -2.01. The zero-order valence-corrected chi connectivity index (χ0v) is 12.3. The second-order valence-corrected chi connectivity index (χ2v) is 5.10. The lowest BCUT2D eigenvalue weighted by atomic mass is 10.1. The third-order valence-corrected chi connectivity index (χ3v) is 3.48. The van der Waals surface area contributed by atoms with E-state index in [2.05, 4.69) is 15.2 Å². The van der Waals surface area contributed by atoms with Crippen LogP contribution in [-0.2, 0) is 6.42 Å². The van der Waals surface area contributed by atoms with Gasteiger partial charge in [0.2, 0.25) is 0 Å². The highest BCUT2D eigenvalue weighted by Gasteiger charge is 2.02. The van der Waals surface area contributed by atoms with Gasteiger partial charge < -0.3 is 20.9 Å². The molecule has 0 saturated carbocycles. The lowest BCUT2D eigenvalue weighted by molar-refractivity contribution is 0.475. The molecule has 6 nitrogen and oxygen atoms in total. The number of rotatable bonds is 4. The number of aromatic nitrogens is 1. The third-order valence-electron chi connectivity index (χ3n) is 3.48. The fourth-order valence-electron chi connectivity index (χ4n) is 2.29. The standard InChI is InChI=1S/C17H16N4O2/c18-16-7-13(22)2-1-11(16)5-6-20-21-10-12-9-19-17-8-14(23)3-4-15(12)17/h1-4,6-10,19,22-23H,5,18H2. The quantitative estimate of drug-likeness (QED) is 0.338. The fraction of sp³-hybridized carbons (Fsp3) is 0.0588. The molecule has 0 spiro atoms. The van der Waals surface area contributed by atoms with Gasteiger partial charge in [-0.1, -0.05) is 6.07 Å². The fourth-order valence-corrected chi connectivity index (χ4v) is 2.29. The van der Waals surface area contributed by atoms with Crippen LogP contribution in [-0.4, -0.2) is 27.6 Å². The van der Waals surface area contributed by atoms with Crippen molar-refractivity contribution in [1.82, 2.24) is 4.98 Å². The topological polar surface area (TPSA) is 107 Å². The summed E-state index contributed by atoms with van der Waals surface area (Å²) in [5.41, 5.74) is 8.94. The molecule has 0 aliphatic rings. The molecule has 0 saturated heterocycles. The Hall–Kier alpha value is -3.28. The van der Waals surface area contributed by atoms with Gasteiger partial charge >= 0.3 is 0 Å². The molecule has 116 valence electrons. The maximum absolute atomic E-state index is 9.43. The zero-order valence-electron chi connectivity index (χ0n) is 12.3. The van der Waals surface area contributed by atoms with Crippen LogP contribution < -0.4 is 5.73 Å². The molecule has 2 aromatic carbocycles. The van der Waals surface area contributed by atoms with E-state index in [0.717, 1.165) is 22.0 Å². The van der Waals surface area contributed by atoms with E-state index in [4.69, 9.17) is 5.73 Å². The molecule has 3 rings (SSSR count). The monoisotopic (exact) mass is 308 g/mol. The molecular formula is C17H16N4O2. The average Bonchev–Trinajstić information content (AvgIpc) is 2.91. The Kier molecular flexibility index (Phi) is 3.97. The molecule has 0 aliphatic heterocycles. The van der Waals surface area contributed by atoms with Crippen LogP contribution in [0.1, 0.15) is 11.1 Å². The molecule has 0 bridgehead atoms. The van der Waals surface area contributed by atoms with Gasteiger partial charge in [0.05, 0.1) is 6.21 Å². The van der Waals surface area contributed by atoms with Gasteiger partial charge in [0.25, 0.3) is 0 Å². The van der Waals surface area contributed by atoms with Crippen LogP contribution in [0.25, 0.3) is 10.9 Å². The van der Waals surface area contributed by atoms with Crippen molar-refractivity contribution in [2.75, 3.05) is 5.73 Å². The van der Waals surface area contributed by atoms with E-state index in [-0.39, 0.29) is 11.5 Å². The van der Waals surface area contributed by atoms with Crippen LogP contribution >= 0.6 is 0 Å². The van der Waals surface area contributed by atoms with Crippen LogP contribution in [0.3, 0.4) is 0 Å². The van der Waals surface area contributed by atoms with Gasteiger partial charge in [-0.3, -0.25) is 0 Å². The molecule has 1 heterocycles. The Morgan fingerprint density at radius 3 is 2.65 bits per heavy atom. The maximum Gasteiger partial charge on any atom is 0.117 e. The normalized spacial score (nSPS) is 11.8. The van der Waals surface area contributed by atoms with Crippen molar-refractivity contribution in [2.45, 2.75) is 6.42 Å². The highest BCUT2D eigenvalue weighted by molar-refractivity contribution is 5.99. The van der Waals surface area contributed by atoms with Crippen molar-refractivity contribution in [3.05, 3.63) is 53.7 Å². The number of fused-ring (bicyclic) bond motifs is 1. The smallest absolute Gasteiger partial charge is 0.117 e. The lowest BCUT2D eigenvalue weighted by Crippen LogP contribution is -1.94. The minimum atomic E-state index is 0.145. The Morgan fingerprint density at radius 1 is 1.04 bits per heavy atom. The predicted molar refractivity (Wildman–Crippen MR) is 92.3 cm³/mol. The predicted octanol–water partition coefficient (Wildman–Crippen LogP) is 2.81. The molecule has 0 radical (unpaired) electrons. The van der Waals surface area contributed by atoms with Crippen LogP contribution in [0.4, 0.5) is 5.69 Å². The Bertz CT molecular complexity index is 897. The van der Waals surface area contributed by atoms with Gasteiger partial charge in [-0.2, -0.15) is 10.2 Å². The van der Waals surface area contributed by atoms with Gasteiger partial charge in [-0.05, 0) is 23.8 Å². The maximum atomic E-state index is 9.43. The number of nitrogens with one attached hydrogen (secondary N) is 1. The largest absolute Gasteiger partial charge is 0.508 e. The van der Waals surface area contributed by atoms with Gasteiger partial charge in [-0.15, -0.1) is 0 Å². The molecule has 0 atom stereocenters. The summed E-state index contributed by atoms with van der Waals surface area (Å²) < 4.78 is 0. The molecule has 23 heavy (non-hydrogen) atoms. The summed E-state index contributed by atoms with van der Waals surface area (Å²) >= 11 is 0. The van der Waals surface area contributed by atoms with E-state index in [0.29, 0.717) is 12.1 Å². The summed E-state index contributed by atoms with van der Waals surface area (Å²) in [5, 5.41) is 27.7. The number of aromatic hydroxyl groups is 2. The second kappa shape index (κ2) is 6.23. The van der Waals surface area contributed by atoms with Crippen molar-refractivity contribution in [1.29, 1.82) is 0 Å². The number of H-pyrrole nitrogens is 1. The van der Waals surface area contributed by atoms with E-state index in [1.165, 1.54) is 6.07 Å². The summed E-state index contributed by atoms with van der Waals surface area (Å²) in [6, 6.07) is 9.96. The number of nitrogens with zero attached hydrogens (tertiary/aromatic N) is 2. The minimum absolute atomic E-state index is 0.145. The summed E-state index contributed by atoms with van der Waals surface area (Å²) in [7, 11) is 0. The average molecular weight is 308 g/mol. The van der Waals surface area contributed by atoms with Crippen molar-refractivity contribution in [3.63, 3.8) is 0 Å². The number of phenolic OH excluding ortho intramolecular Hbond substituents is 2. The minimum Gasteiger partial charge on any atom is -0.508 e. The SMILES string of the molecule is Nc1cc(O)ccc1CC=NN=Cc1c[nH]c2cc(O)ccc12. The Morgan fingerprint density at radius 2 is 1.83 bits per heavy atom. The van der Waals surface area contributed by atoms with Crippen molar-refractivity contribution in [2.24, 2.45) is 10.2 Å². The van der Waals surface area contributed by atoms with Crippen molar-refractivity contribution in [3.8, 4) is 11.5 Å². The Labute approximate surface area is 132 Å². The number of nitrogen functional groups attached to an aromatic ring is 1. The first-order valence-corrected chi connectivity index (χ1v) is 7.06. The first-order chi connectivity index (χ1) is 11.1. The van der Waals surface area contributed by atoms with Gasteiger partial charge in [0.15, 0.2) is 0 Å². The van der Waals surface area contributed by atoms with E-state index in [9.17, 15) is 10.2 Å². The van der Waals surface area contributed by atoms with Crippen LogP contribution in [0.15, 0.2) is 52.8 Å². The number of hydrogen-bond donors (Lipinski definition) is 4. The number of nitrogens with two attached hydrogens (primary N) is 1. The third kappa shape index (κ3) is 3.32.